The van der Waals surface area contributed by atoms with Crippen molar-refractivity contribution in [1.82, 2.24) is 16.0 Å². The van der Waals surface area contributed by atoms with Crippen LogP contribution in [0.5, 0.6) is 0 Å². The molecule has 0 fully saturated rings. The molecule has 0 aliphatic carbocycles. The van der Waals surface area contributed by atoms with E-state index in [1.165, 1.54) is 6.92 Å². The Morgan fingerprint density at radius 1 is 1.10 bits per heavy atom. The minimum absolute atomic E-state index is 0.00738. The minimum Gasteiger partial charge on any atom is -0.480 e. The lowest BCUT2D eigenvalue weighted by Gasteiger charge is -2.23. The van der Waals surface area contributed by atoms with Gasteiger partial charge in [0.15, 0.2) is 5.96 Å². The number of aliphatic carboxylic acids is 1. The van der Waals surface area contributed by atoms with Gasteiger partial charge < -0.3 is 48.5 Å². The number of aliphatic imine (C=N–C) groups is 1. The van der Waals surface area contributed by atoms with Gasteiger partial charge in [-0.2, -0.15) is 0 Å². The lowest BCUT2D eigenvalue weighted by atomic mass is 10.1. The molecule has 166 valence electrons. The molecule has 3 amide bonds. The molecule has 0 aliphatic heterocycles. The second-order valence-electron chi connectivity index (χ2n) is 6.14. The highest BCUT2D eigenvalue weighted by Crippen LogP contribution is 2.01. The van der Waals surface area contributed by atoms with Crippen molar-refractivity contribution in [2.75, 3.05) is 19.7 Å². The van der Waals surface area contributed by atoms with Crippen molar-refractivity contribution in [3.05, 3.63) is 0 Å². The van der Waals surface area contributed by atoms with E-state index in [0.717, 1.165) is 0 Å². The lowest BCUT2D eigenvalue weighted by molar-refractivity contribution is -0.143. The summed E-state index contributed by atoms with van der Waals surface area (Å²) in [6.07, 6.45) is -1.09. The Kier molecular flexibility index (Phi) is 11.9. The van der Waals surface area contributed by atoms with Crippen molar-refractivity contribution in [3.8, 4) is 0 Å². The molecule has 0 aromatic carbocycles. The summed E-state index contributed by atoms with van der Waals surface area (Å²) in [6.45, 7) is 0.198. The van der Waals surface area contributed by atoms with E-state index in [1.807, 2.05) is 0 Å². The summed E-state index contributed by atoms with van der Waals surface area (Å²) in [4.78, 5) is 50.7. The predicted molar refractivity (Wildman–Crippen MR) is 101 cm³/mol. The first-order valence-electron chi connectivity index (χ1n) is 8.69. The van der Waals surface area contributed by atoms with Gasteiger partial charge in [-0.05, 0) is 19.8 Å². The van der Waals surface area contributed by atoms with Gasteiger partial charge in [-0.15, -0.1) is 0 Å². The molecule has 4 unspecified atom stereocenters. The van der Waals surface area contributed by atoms with Crippen molar-refractivity contribution in [1.29, 1.82) is 0 Å². The molecule has 29 heavy (non-hydrogen) atoms. The number of rotatable bonds is 13. The summed E-state index contributed by atoms with van der Waals surface area (Å²) in [5.41, 5.74) is 15.6. The molecule has 0 heterocycles. The number of nitrogens with two attached hydrogens (primary N) is 3. The number of guanidine groups is 1. The van der Waals surface area contributed by atoms with Crippen LogP contribution < -0.4 is 33.2 Å². The van der Waals surface area contributed by atoms with Gasteiger partial charge in [0.25, 0.3) is 0 Å². The molecule has 0 spiro atoms. The van der Waals surface area contributed by atoms with Crippen LogP contribution in [0.1, 0.15) is 19.8 Å². The van der Waals surface area contributed by atoms with Gasteiger partial charge in [-0.1, -0.05) is 0 Å². The normalized spacial score (nSPS) is 14.6. The van der Waals surface area contributed by atoms with E-state index in [1.54, 1.807) is 0 Å². The SMILES string of the molecule is CC(O)C(NC(=O)CNC(=O)C(N)CO)C(=O)NC(CCCN=C(N)N)C(=O)O. The highest BCUT2D eigenvalue weighted by atomic mass is 16.4. The third kappa shape index (κ3) is 10.8. The highest BCUT2D eigenvalue weighted by Gasteiger charge is 2.29. The molecule has 0 saturated heterocycles. The highest BCUT2D eigenvalue weighted by molar-refractivity contribution is 5.92. The number of amides is 3. The van der Waals surface area contributed by atoms with Gasteiger partial charge in [-0.3, -0.25) is 19.4 Å². The summed E-state index contributed by atoms with van der Waals surface area (Å²) in [6, 6.07) is -3.98. The number of carboxylic acid groups (broad SMARTS) is 1. The standard InChI is InChI=1S/C15H29N7O7/c1-7(24)11(22-10(25)5-20-12(26)8(16)6-23)13(27)21-9(14(28)29)3-2-4-19-15(17)18/h7-9,11,23-24H,2-6,16H2,1H3,(H,20,26)(H,21,27)(H,22,25)(H,28,29)(H4,17,18,19). The van der Waals surface area contributed by atoms with Gasteiger partial charge in [0, 0.05) is 6.54 Å². The Balaban J connectivity index is 4.80. The summed E-state index contributed by atoms with van der Waals surface area (Å²) < 4.78 is 0. The number of aliphatic hydroxyl groups excluding tert-OH is 2. The average molecular weight is 419 g/mol. The number of carbonyl (C=O) groups excluding carboxylic acids is 3. The van der Waals surface area contributed by atoms with Crippen LogP contribution in [-0.2, 0) is 19.2 Å². The molecule has 14 nitrogen and oxygen atoms in total. The maximum Gasteiger partial charge on any atom is 0.326 e. The van der Waals surface area contributed by atoms with E-state index >= 15 is 0 Å². The van der Waals surface area contributed by atoms with Crippen LogP contribution in [0.25, 0.3) is 0 Å². The molecule has 14 heteroatoms. The third-order valence-corrected chi connectivity index (χ3v) is 3.60. The maximum absolute atomic E-state index is 12.3. The number of nitrogens with zero attached hydrogens (tertiary/aromatic N) is 1. The Bertz CT molecular complexity index is 608. The van der Waals surface area contributed by atoms with Crippen LogP contribution in [0.3, 0.4) is 0 Å². The second kappa shape index (κ2) is 13.2. The van der Waals surface area contributed by atoms with Crippen molar-refractivity contribution in [2.24, 2.45) is 22.2 Å². The van der Waals surface area contributed by atoms with Crippen molar-refractivity contribution in [3.63, 3.8) is 0 Å². The van der Waals surface area contributed by atoms with Crippen LogP contribution in [0.2, 0.25) is 0 Å². The van der Waals surface area contributed by atoms with Crippen molar-refractivity contribution < 1.29 is 34.5 Å². The van der Waals surface area contributed by atoms with Gasteiger partial charge in [0.2, 0.25) is 17.7 Å². The molecule has 0 saturated carbocycles. The van der Waals surface area contributed by atoms with Gasteiger partial charge in [0.05, 0.1) is 19.3 Å². The first kappa shape index (κ1) is 26.0. The monoisotopic (exact) mass is 419 g/mol. The van der Waals surface area contributed by atoms with Gasteiger partial charge in [0.1, 0.15) is 18.1 Å². The molecule has 0 rings (SSSR count). The summed E-state index contributed by atoms with van der Waals surface area (Å²) >= 11 is 0. The number of aliphatic hydroxyl groups is 2. The van der Waals surface area contributed by atoms with E-state index in [0.29, 0.717) is 0 Å². The van der Waals surface area contributed by atoms with Crippen LogP contribution in [-0.4, -0.2) is 88.9 Å². The van der Waals surface area contributed by atoms with E-state index in [4.69, 9.17) is 22.3 Å². The number of hydrogen-bond acceptors (Lipinski definition) is 8. The average Bonchev–Trinajstić information content (AvgIpc) is 2.64. The zero-order valence-electron chi connectivity index (χ0n) is 16.0. The van der Waals surface area contributed by atoms with E-state index < -0.39 is 61.1 Å². The number of hydrogen-bond donors (Lipinski definition) is 9. The first-order valence-corrected chi connectivity index (χ1v) is 8.69. The van der Waals surface area contributed by atoms with E-state index in [-0.39, 0.29) is 25.3 Å². The smallest absolute Gasteiger partial charge is 0.326 e. The van der Waals surface area contributed by atoms with Crippen LogP contribution >= 0.6 is 0 Å². The molecular formula is C15H29N7O7. The van der Waals surface area contributed by atoms with Crippen LogP contribution in [0, 0.1) is 0 Å². The van der Waals surface area contributed by atoms with Crippen molar-refractivity contribution in [2.45, 2.75) is 44.0 Å². The second-order valence-corrected chi connectivity index (χ2v) is 6.14. The zero-order valence-corrected chi connectivity index (χ0v) is 16.0. The van der Waals surface area contributed by atoms with Crippen LogP contribution in [0.4, 0.5) is 0 Å². The van der Waals surface area contributed by atoms with Gasteiger partial charge >= 0.3 is 5.97 Å². The minimum atomic E-state index is -1.47. The molecule has 12 N–H and O–H groups in total. The van der Waals surface area contributed by atoms with E-state index in [9.17, 15) is 29.4 Å². The Hall–Kier alpha value is -2.97. The zero-order chi connectivity index (χ0) is 22.6. The quantitative estimate of drug-likeness (QED) is 0.0779. The topological polar surface area (TPSA) is 255 Å². The molecule has 0 bridgehead atoms. The first-order chi connectivity index (χ1) is 13.5. The largest absolute Gasteiger partial charge is 0.480 e. The molecule has 4 atom stereocenters. The number of nitrogens with one attached hydrogen (secondary N) is 3. The molecule has 0 aromatic rings. The Labute approximate surface area is 166 Å². The number of carbonyl (C=O) groups is 4. The maximum atomic E-state index is 12.3. The third-order valence-electron chi connectivity index (χ3n) is 3.60. The fraction of sp³-hybridized carbons (Fsp3) is 0.667. The predicted octanol–water partition coefficient (Wildman–Crippen LogP) is -5.09. The van der Waals surface area contributed by atoms with Gasteiger partial charge in [-0.25, -0.2) is 4.79 Å². The van der Waals surface area contributed by atoms with E-state index in [2.05, 4.69) is 20.9 Å². The number of carboxylic acids is 1. The van der Waals surface area contributed by atoms with Crippen LogP contribution in [0.15, 0.2) is 4.99 Å². The Morgan fingerprint density at radius 2 is 1.72 bits per heavy atom. The summed E-state index contributed by atoms with van der Waals surface area (Å²) in [5.74, 6) is -4.01. The molecule has 0 aliphatic rings. The molecule has 0 radical (unpaired) electrons. The Morgan fingerprint density at radius 3 is 2.21 bits per heavy atom. The molecule has 0 aromatic heterocycles. The van der Waals surface area contributed by atoms with Crippen molar-refractivity contribution >= 4 is 29.7 Å². The fourth-order valence-electron chi connectivity index (χ4n) is 2.03. The lowest BCUT2D eigenvalue weighted by Crippen LogP contribution is -2.57. The summed E-state index contributed by atoms with van der Waals surface area (Å²) in [5, 5.41) is 34.3. The molecular weight excluding hydrogens is 390 g/mol. The fourth-order valence-corrected chi connectivity index (χ4v) is 2.03. The summed E-state index contributed by atoms with van der Waals surface area (Å²) in [7, 11) is 0.